The summed E-state index contributed by atoms with van der Waals surface area (Å²) >= 11 is 3.33. The SMILES string of the molecule is CC(=O)C(Br)C(C)c1cc(F)ccc1C. The highest BCUT2D eigenvalue weighted by Gasteiger charge is 2.21. The zero-order valence-electron chi connectivity index (χ0n) is 9.05. The first kappa shape index (κ1) is 12.4. The highest BCUT2D eigenvalue weighted by atomic mass is 79.9. The Bertz CT molecular complexity index is 376. The minimum absolute atomic E-state index is 0.0156. The van der Waals surface area contributed by atoms with Crippen LogP contribution in [0.4, 0.5) is 4.39 Å². The van der Waals surface area contributed by atoms with Crippen molar-refractivity contribution in [3.05, 3.63) is 35.1 Å². The molecule has 1 aromatic carbocycles. The zero-order chi connectivity index (χ0) is 11.6. The summed E-state index contributed by atoms with van der Waals surface area (Å²) in [4.78, 5) is 11.0. The predicted molar refractivity (Wildman–Crippen MR) is 62.9 cm³/mol. The van der Waals surface area contributed by atoms with E-state index in [1.807, 2.05) is 13.8 Å². The van der Waals surface area contributed by atoms with Crippen LogP contribution in [0.1, 0.15) is 30.9 Å². The van der Waals surface area contributed by atoms with E-state index in [4.69, 9.17) is 0 Å². The van der Waals surface area contributed by atoms with Crippen LogP contribution in [0.3, 0.4) is 0 Å². The van der Waals surface area contributed by atoms with E-state index >= 15 is 0 Å². The van der Waals surface area contributed by atoms with Crippen LogP contribution in [0.15, 0.2) is 18.2 Å². The van der Waals surface area contributed by atoms with Crippen molar-refractivity contribution in [3.8, 4) is 0 Å². The van der Waals surface area contributed by atoms with Gasteiger partial charge in [-0.2, -0.15) is 0 Å². The van der Waals surface area contributed by atoms with Crippen molar-refractivity contribution in [2.75, 3.05) is 0 Å². The summed E-state index contributed by atoms with van der Waals surface area (Å²) in [6.45, 7) is 5.37. The molecule has 0 fully saturated rings. The molecule has 0 aliphatic heterocycles. The molecule has 0 saturated heterocycles. The molecule has 0 aliphatic rings. The average Bonchev–Trinajstić information content (AvgIpc) is 2.19. The van der Waals surface area contributed by atoms with Gasteiger partial charge in [0.15, 0.2) is 0 Å². The number of hydrogen-bond acceptors (Lipinski definition) is 1. The number of benzene rings is 1. The van der Waals surface area contributed by atoms with Crippen LogP contribution in [0.5, 0.6) is 0 Å². The van der Waals surface area contributed by atoms with Gasteiger partial charge < -0.3 is 0 Å². The number of alkyl halides is 1. The van der Waals surface area contributed by atoms with Crippen molar-refractivity contribution in [3.63, 3.8) is 0 Å². The first-order valence-corrected chi connectivity index (χ1v) is 5.75. The van der Waals surface area contributed by atoms with Crippen LogP contribution in [-0.2, 0) is 4.79 Å². The number of hydrogen-bond donors (Lipinski definition) is 0. The van der Waals surface area contributed by atoms with E-state index in [2.05, 4.69) is 15.9 Å². The summed E-state index contributed by atoms with van der Waals surface area (Å²) in [6, 6.07) is 4.67. The highest BCUT2D eigenvalue weighted by Crippen LogP contribution is 2.28. The molecular weight excluding hydrogens is 259 g/mol. The van der Waals surface area contributed by atoms with Gasteiger partial charge in [0.1, 0.15) is 11.6 Å². The molecule has 0 aliphatic carbocycles. The molecule has 0 aromatic heterocycles. The monoisotopic (exact) mass is 272 g/mol. The van der Waals surface area contributed by atoms with E-state index in [1.54, 1.807) is 6.07 Å². The largest absolute Gasteiger partial charge is 0.299 e. The predicted octanol–water partition coefficient (Wildman–Crippen LogP) is 3.59. The summed E-state index contributed by atoms with van der Waals surface area (Å²) in [5.74, 6) is -0.213. The molecule has 2 unspecified atom stereocenters. The molecule has 1 rings (SSSR count). The molecule has 1 nitrogen and oxygen atoms in total. The summed E-state index contributed by atoms with van der Waals surface area (Å²) in [6.07, 6.45) is 0. The fourth-order valence-corrected chi connectivity index (χ4v) is 1.90. The lowest BCUT2D eigenvalue weighted by Gasteiger charge is -2.18. The fraction of sp³-hybridized carbons (Fsp3) is 0.417. The van der Waals surface area contributed by atoms with Gasteiger partial charge in [-0.05, 0) is 37.1 Å². The summed E-state index contributed by atoms with van der Waals surface area (Å²) < 4.78 is 13.1. The molecule has 2 atom stereocenters. The van der Waals surface area contributed by atoms with E-state index in [9.17, 15) is 9.18 Å². The Morgan fingerprint density at radius 3 is 2.60 bits per heavy atom. The second-order valence-corrected chi connectivity index (χ2v) is 4.79. The van der Waals surface area contributed by atoms with Gasteiger partial charge in [-0.15, -0.1) is 0 Å². The van der Waals surface area contributed by atoms with Gasteiger partial charge >= 0.3 is 0 Å². The quantitative estimate of drug-likeness (QED) is 0.769. The second kappa shape index (κ2) is 4.88. The van der Waals surface area contributed by atoms with E-state index in [0.717, 1.165) is 11.1 Å². The number of ketones is 1. The van der Waals surface area contributed by atoms with Crippen molar-refractivity contribution in [1.82, 2.24) is 0 Å². The Kier molecular flexibility index (Phi) is 4.03. The lowest BCUT2D eigenvalue weighted by atomic mass is 9.92. The van der Waals surface area contributed by atoms with Crippen LogP contribution in [0.25, 0.3) is 0 Å². The number of carbonyl (C=O) groups is 1. The maximum Gasteiger partial charge on any atom is 0.144 e. The molecule has 0 radical (unpaired) electrons. The smallest absolute Gasteiger partial charge is 0.144 e. The molecule has 0 amide bonds. The Morgan fingerprint density at radius 1 is 1.47 bits per heavy atom. The lowest BCUT2D eigenvalue weighted by molar-refractivity contribution is -0.116. The van der Waals surface area contributed by atoms with E-state index in [1.165, 1.54) is 19.1 Å². The van der Waals surface area contributed by atoms with Gasteiger partial charge in [0.25, 0.3) is 0 Å². The molecule has 0 N–H and O–H groups in total. The van der Waals surface area contributed by atoms with Crippen molar-refractivity contribution in [2.24, 2.45) is 0 Å². The number of aryl methyl sites for hydroxylation is 1. The van der Waals surface area contributed by atoms with E-state index < -0.39 is 0 Å². The molecule has 0 bridgehead atoms. The first-order chi connectivity index (χ1) is 6.93. The van der Waals surface area contributed by atoms with Gasteiger partial charge in [-0.25, -0.2) is 4.39 Å². The first-order valence-electron chi connectivity index (χ1n) is 4.84. The van der Waals surface area contributed by atoms with Gasteiger partial charge in [0.2, 0.25) is 0 Å². The fourth-order valence-electron chi connectivity index (χ4n) is 1.61. The summed E-state index contributed by atoms with van der Waals surface area (Å²) in [5, 5.41) is 0. The Balaban J connectivity index is 3.04. The molecule has 1 aromatic rings. The van der Waals surface area contributed by atoms with Gasteiger partial charge in [-0.3, -0.25) is 4.79 Å². The summed E-state index contributed by atoms with van der Waals surface area (Å²) in [5.41, 5.74) is 1.89. The van der Waals surface area contributed by atoms with Crippen molar-refractivity contribution < 1.29 is 9.18 Å². The summed E-state index contributed by atoms with van der Waals surface area (Å²) in [7, 11) is 0. The minimum Gasteiger partial charge on any atom is -0.299 e. The number of rotatable bonds is 3. The molecule has 3 heteroatoms. The normalized spacial score (nSPS) is 14.7. The van der Waals surface area contributed by atoms with Crippen LogP contribution in [0.2, 0.25) is 0 Å². The molecule has 0 heterocycles. The third-order valence-corrected chi connectivity index (χ3v) is 4.00. The second-order valence-electron chi connectivity index (χ2n) is 3.80. The van der Waals surface area contributed by atoms with Gasteiger partial charge in [0.05, 0.1) is 4.83 Å². The molecule has 82 valence electrons. The number of carbonyl (C=O) groups excluding carboxylic acids is 1. The zero-order valence-corrected chi connectivity index (χ0v) is 10.6. The van der Waals surface area contributed by atoms with Crippen molar-refractivity contribution in [2.45, 2.75) is 31.5 Å². The maximum absolute atomic E-state index is 13.1. The van der Waals surface area contributed by atoms with Crippen LogP contribution < -0.4 is 0 Å². The maximum atomic E-state index is 13.1. The molecule has 0 saturated carbocycles. The third-order valence-electron chi connectivity index (χ3n) is 2.56. The van der Waals surface area contributed by atoms with Crippen LogP contribution in [-0.4, -0.2) is 10.6 Å². The lowest BCUT2D eigenvalue weighted by Crippen LogP contribution is -2.18. The number of Topliss-reactive ketones (excluding diaryl/α,β-unsaturated/α-hetero) is 1. The Hall–Kier alpha value is -0.700. The molecular formula is C12H14BrFO. The van der Waals surface area contributed by atoms with Gasteiger partial charge in [0, 0.05) is 5.92 Å². The van der Waals surface area contributed by atoms with Crippen molar-refractivity contribution >= 4 is 21.7 Å². The average molecular weight is 273 g/mol. The van der Waals surface area contributed by atoms with Crippen LogP contribution in [0, 0.1) is 12.7 Å². The topological polar surface area (TPSA) is 17.1 Å². The third kappa shape index (κ3) is 2.88. The Morgan fingerprint density at radius 2 is 2.07 bits per heavy atom. The highest BCUT2D eigenvalue weighted by molar-refractivity contribution is 9.10. The molecule has 0 spiro atoms. The molecule has 15 heavy (non-hydrogen) atoms. The van der Waals surface area contributed by atoms with Gasteiger partial charge in [-0.1, -0.05) is 28.9 Å². The van der Waals surface area contributed by atoms with E-state index in [-0.39, 0.29) is 22.3 Å². The Labute approximate surface area is 97.8 Å². The van der Waals surface area contributed by atoms with E-state index in [0.29, 0.717) is 0 Å². The van der Waals surface area contributed by atoms with Crippen LogP contribution >= 0.6 is 15.9 Å². The number of halogens is 2. The minimum atomic E-state index is -0.259. The van der Waals surface area contributed by atoms with Crippen molar-refractivity contribution in [1.29, 1.82) is 0 Å². The standard InChI is InChI=1S/C12H14BrFO/c1-7-4-5-10(14)6-11(7)8(2)12(13)9(3)15/h4-6,8,12H,1-3H3.